The van der Waals surface area contributed by atoms with Crippen LogP contribution in [-0.4, -0.2) is 24.4 Å². The molecule has 5 nitrogen and oxygen atoms in total. The number of hydrogen-bond donors (Lipinski definition) is 3. The number of aliphatic hydroxyl groups excluding tert-OH is 1. The monoisotopic (exact) mass is 338 g/mol. The van der Waals surface area contributed by atoms with Crippen LogP contribution in [0.5, 0.6) is 5.75 Å². The maximum atomic E-state index is 13.6. The largest absolute Gasteiger partial charge is 0.491 e. The minimum Gasteiger partial charge on any atom is -0.491 e. The minimum atomic E-state index is -0.573. The number of carbonyl (C=O) groups is 1. The van der Waals surface area contributed by atoms with E-state index < -0.39 is 11.8 Å². The van der Waals surface area contributed by atoms with Gasteiger partial charge in [-0.2, -0.15) is 0 Å². The minimum absolute atomic E-state index is 0.000171. The Bertz CT molecular complexity index is 682. The number of ether oxygens (including phenoxy) is 1. The molecule has 0 aromatic heterocycles. The Morgan fingerprint density at radius 1 is 1.26 bits per heavy atom. The third-order valence-corrected chi connectivity index (χ3v) is 3.17. The van der Waals surface area contributed by atoms with Gasteiger partial charge in [-0.3, -0.25) is 0 Å². The first-order valence-corrected chi connectivity index (χ1v) is 7.29. The van der Waals surface area contributed by atoms with Crippen molar-refractivity contribution >= 4 is 23.3 Å². The molecule has 0 atom stereocenters. The van der Waals surface area contributed by atoms with Crippen LogP contribution in [0, 0.1) is 5.82 Å². The SMILES string of the molecule is O=C(NCc1ccccc1OCCO)Nc1cc(Cl)ccc1F. The molecule has 0 heterocycles. The molecule has 0 aliphatic heterocycles. The highest BCUT2D eigenvalue weighted by molar-refractivity contribution is 6.30. The maximum Gasteiger partial charge on any atom is 0.319 e. The molecule has 0 radical (unpaired) electrons. The zero-order valence-corrected chi connectivity index (χ0v) is 12.9. The van der Waals surface area contributed by atoms with Crippen LogP contribution < -0.4 is 15.4 Å². The molecule has 3 N–H and O–H groups in total. The second-order valence-electron chi connectivity index (χ2n) is 4.61. The summed E-state index contributed by atoms with van der Waals surface area (Å²) in [6.07, 6.45) is 0. The second kappa shape index (κ2) is 8.36. The average molecular weight is 339 g/mol. The van der Waals surface area contributed by atoms with Crippen molar-refractivity contribution in [3.63, 3.8) is 0 Å². The molecule has 0 saturated heterocycles. The van der Waals surface area contributed by atoms with E-state index in [1.54, 1.807) is 24.3 Å². The van der Waals surface area contributed by atoms with Crippen molar-refractivity contribution in [1.82, 2.24) is 5.32 Å². The number of amides is 2. The van der Waals surface area contributed by atoms with Crippen LogP contribution in [0.15, 0.2) is 42.5 Å². The molecule has 0 saturated carbocycles. The highest BCUT2D eigenvalue weighted by Crippen LogP contribution is 2.20. The number of carbonyl (C=O) groups excluding carboxylic acids is 1. The van der Waals surface area contributed by atoms with Gasteiger partial charge in [-0.25, -0.2) is 9.18 Å². The number of halogens is 2. The lowest BCUT2D eigenvalue weighted by Gasteiger charge is -2.12. The van der Waals surface area contributed by atoms with Crippen molar-refractivity contribution in [3.05, 3.63) is 58.9 Å². The number of aliphatic hydroxyl groups is 1. The normalized spacial score (nSPS) is 10.2. The van der Waals surface area contributed by atoms with E-state index in [4.69, 9.17) is 21.4 Å². The molecule has 0 spiro atoms. The van der Waals surface area contributed by atoms with E-state index in [1.807, 2.05) is 0 Å². The van der Waals surface area contributed by atoms with Crippen LogP contribution in [0.2, 0.25) is 5.02 Å². The van der Waals surface area contributed by atoms with Crippen molar-refractivity contribution in [3.8, 4) is 5.75 Å². The van der Waals surface area contributed by atoms with Crippen LogP contribution >= 0.6 is 11.6 Å². The van der Waals surface area contributed by atoms with Gasteiger partial charge in [0.25, 0.3) is 0 Å². The molecule has 0 fully saturated rings. The summed E-state index contributed by atoms with van der Waals surface area (Å²) in [7, 11) is 0. The van der Waals surface area contributed by atoms with E-state index in [2.05, 4.69) is 10.6 Å². The van der Waals surface area contributed by atoms with Gasteiger partial charge in [0, 0.05) is 17.1 Å². The van der Waals surface area contributed by atoms with Gasteiger partial charge in [-0.05, 0) is 24.3 Å². The molecule has 0 bridgehead atoms. The summed E-state index contributed by atoms with van der Waals surface area (Å²) >= 11 is 5.77. The molecular weight excluding hydrogens is 323 g/mol. The Morgan fingerprint density at radius 2 is 2.04 bits per heavy atom. The summed E-state index contributed by atoms with van der Waals surface area (Å²) in [5.41, 5.74) is 0.738. The quantitative estimate of drug-likeness (QED) is 0.757. The smallest absolute Gasteiger partial charge is 0.319 e. The van der Waals surface area contributed by atoms with Crippen LogP contribution in [-0.2, 0) is 6.54 Å². The lowest BCUT2D eigenvalue weighted by molar-refractivity contribution is 0.200. The predicted molar refractivity (Wildman–Crippen MR) is 86.3 cm³/mol. The van der Waals surface area contributed by atoms with E-state index in [0.29, 0.717) is 10.8 Å². The highest BCUT2D eigenvalue weighted by Gasteiger charge is 2.09. The fourth-order valence-electron chi connectivity index (χ4n) is 1.88. The van der Waals surface area contributed by atoms with E-state index in [-0.39, 0.29) is 25.4 Å². The van der Waals surface area contributed by atoms with E-state index in [0.717, 1.165) is 5.56 Å². The first-order valence-electron chi connectivity index (χ1n) is 6.91. The molecule has 23 heavy (non-hydrogen) atoms. The number of anilines is 1. The summed E-state index contributed by atoms with van der Waals surface area (Å²) < 4.78 is 18.9. The number of para-hydroxylation sites is 1. The van der Waals surface area contributed by atoms with Crippen LogP contribution in [0.4, 0.5) is 14.9 Å². The van der Waals surface area contributed by atoms with Crippen molar-refractivity contribution in [1.29, 1.82) is 0 Å². The van der Waals surface area contributed by atoms with Crippen molar-refractivity contribution in [2.75, 3.05) is 18.5 Å². The average Bonchev–Trinajstić information content (AvgIpc) is 2.55. The standard InChI is InChI=1S/C16H16ClFN2O3/c17-12-5-6-13(18)14(9-12)20-16(22)19-10-11-3-1-2-4-15(11)23-8-7-21/h1-6,9,21H,7-8,10H2,(H2,19,20,22). The fourth-order valence-corrected chi connectivity index (χ4v) is 2.05. The molecular formula is C16H16ClFN2O3. The zero-order valence-electron chi connectivity index (χ0n) is 12.2. The summed E-state index contributed by atoms with van der Waals surface area (Å²) in [5, 5.41) is 14.1. The Balaban J connectivity index is 1.95. The van der Waals surface area contributed by atoms with Crippen molar-refractivity contribution in [2.24, 2.45) is 0 Å². The number of rotatable bonds is 6. The van der Waals surface area contributed by atoms with Gasteiger partial charge in [0.15, 0.2) is 0 Å². The maximum absolute atomic E-state index is 13.6. The molecule has 0 aliphatic rings. The lowest BCUT2D eigenvalue weighted by atomic mass is 10.2. The summed E-state index contributed by atoms with van der Waals surface area (Å²) in [4.78, 5) is 11.9. The Labute approximate surface area is 138 Å². The van der Waals surface area contributed by atoms with Crippen LogP contribution in [0.3, 0.4) is 0 Å². The summed E-state index contributed by atoms with van der Waals surface area (Å²) in [5.74, 6) is -0.00739. The zero-order chi connectivity index (χ0) is 16.7. The number of hydrogen-bond acceptors (Lipinski definition) is 3. The Morgan fingerprint density at radius 3 is 2.83 bits per heavy atom. The molecule has 0 aliphatic carbocycles. The van der Waals surface area contributed by atoms with Gasteiger partial charge >= 0.3 is 6.03 Å². The highest BCUT2D eigenvalue weighted by atomic mass is 35.5. The lowest BCUT2D eigenvalue weighted by Crippen LogP contribution is -2.28. The van der Waals surface area contributed by atoms with Crippen molar-refractivity contribution in [2.45, 2.75) is 6.54 Å². The molecule has 2 aromatic rings. The van der Waals surface area contributed by atoms with Crippen LogP contribution in [0.25, 0.3) is 0 Å². The van der Waals surface area contributed by atoms with E-state index in [9.17, 15) is 9.18 Å². The first-order chi connectivity index (χ1) is 11.1. The third kappa shape index (κ3) is 5.12. The molecule has 2 aromatic carbocycles. The van der Waals surface area contributed by atoms with E-state index in [1.165, 1.54) is 18.2 Å². The van der Waals surface area contributed by atoms with Gasteiger partial charge in [0.2, 0.25) is 0 Å². The summed E-state index contributed by atoms with van der Waals surface area (Å²) in [6.45, 7) is 0.253. The number of nitrogens with one attached hydrogen (secondary N) is 2. The number of benzene rings is 2. The molecule has 2 amide bonds. The van der Waals surface area contributed by atoms with Gasteiger partial charge in [0.05, 0.1) is 12.3 Å². The molecule has 2 rings (SSSR count). The summed E-state index contributed by atoms with van der Waals surface area (Å²) in [6, 6.07) is 10.4. The van der Waals surface area contributed by atoms with E-state index >= 15 is 0 Å². The molecule has 0 unspecified atom stereocenters. The predicted octanol–water partition coefficient (Wildman–Crippen LogP) is 3.17. The Kier molecular flexibility index (Phi) is 6.19. The van der Waals surface area contributed by atoms with Crippen LogP contribution in [0.1, 0.15) is 5.56 Å². The molecule has 7 heteroatoms. The first kappa shape index (κ1) is 17.1. The third-order valence-electron chi connectivity index (χ3n) is 2.94. The number of urea groups is 1. The van der Waals surface area contributed by atoms with Crippen molar-refractivity contribution < 1.29 is 19.0 Å². The van der Waals surface area contributed by atoms with Gasteiger partial charge in [-0.1, -0.05) is 29.8 Å². The fraction of sp³-hybridized carbons (Fsp3) is 0.188. The van der Waals surface area contributed by atoms with Gasteiger partial charge < -0.3 is 20.5 Å². The topological polar surface area (TPSA) is 70.6 Å². The molecule has 122 valence electrons. The van der Waals surface area contributed by atoms with Gasteiger partial charge in [0.1, 0.15) is 18.2 Å². The Hall–Kier alpha value is -2.31. The second-order valence-corrected chi connectivity index (χ2v) is 5.05. The van der Waals surface area contributed by atoms with Gasteiger partial charge in [-0.15, -0.1) is 0 Å².